The van der Waals surface area contributed by atoms with E-state index in [1.165, 1.54) is 6.07 Å². The quantitative estimate of drug-likeness (QED) is 0.564. The van der Waals surface area contributed by atoms with Gasteiger partial charge in [0.2, 0.25) is 6.41 Å². The first-order valence-corrected chi connectivity index (χ1v) is 9.25. The zero-order valence-corrected chi connectivity index (χ0v) is 16.4. The number of aromatic nitrogens is 1. The second-order valence-corrected chi connectivity index (χ2v) is 7.79. The van der Waals surface area contributed by atoms with Gasteiger partial charge < -0.3 is 4.74 Å². The number of anilines is 2. The van der Waals surface area contributed by atoms with Crippen molar-refractivity contribution in [2.24, 2.45) is 0 Å². The molecule has 4 rings (SSSR count). The first kappa shape index (κ1) is 19.1. The van der Waals surface area contributed by atoms with Crippen LogP contribution in [0.15, 0.2) is 48.7 Å². The molecular formula is C23H20F2N2O2. The Labute approximate surface area is 167 Å². The molecule has 29 heavy (non-hydrogen) atoms. The monoisotopic (exact) mass is 394 g/mol. The normalized spacial score (nSPS) is 14.2. The fourth-order valence-electron chi connectivity index (χ4n) is 3.60. The number of carbonyl (C=O) groups is 1. The SMILES string of the molecule is Cc1cc2c(cc1-c1ccc(N(C=O)c3c(F)cccc3F)nc1)C(C)(C)CO2. The van der Waals surface area contributed by atoms with Crippen LogP contribution >= 0.6 is 0 Å². The smallest absolute Gasteiger partial charge is 0.220 e. The molecule has 1 aliphatic rings. The number of halogens is 2. The third kappa shape index (κ3) is 3.24. The molecule has 0 N–H and O–H groups in total. The predicted molar refractivity (Wildman–Crippen MR) is 107 cm³/mol. The Kier molecular flexibility index (Phi) is 4.57. The number of rotatable bonds is 4. The number of para-hydroxylation sites is 1. The highest BCUT2D eigenvalue weighted by molar-refractivity contribution is 5.85. The largest absolute Gasteiger partial charge is 0.492 e. The van der Waals surface area contributed by atoms with Gasteiger partial charge in [-0.2, -0.15) is 0 Å². The van der Waals surface area contributed by atoms with Crippen LogP contribution in [0.5, 0.6) is 5.75 Å². The Morgan fingerprint density at radius 2 is 1.86 bits per heavy atom. The van der Waals surface area contributed by atoms with Crippen LogP contribution in [0.1, 0.15) is 25.0 Å². The molecule has 2 heterocycles. The molecule has 6 heteroatoms. The highest BCUT2D eigenvalue weighted by Crippen LogP contribution is 2.42. The van der Waals surface area contributed by atoms with Crippen molar-refractivity contribution in [2.45, 2.75) is 26.2 Å². The van der Waals surface area contributed by atoms with Crippen LogP contribution in [0.4, 0.5) is 20.3 Å². The number of aryl methyl sites for hydroxylation is 1. The molecule has 1 aliphatic heterocycles. The molecule has 0 atom stereocenters. The lowest BCUT2D eigenvalue weighted by atomic mass is 9.84. The number of nitrogens with zero attached hydrogens (tertiary/aromatic N) is 2. The summed E-state index contributed by atoms with van der Waals surface area (Å²) in [6.45, 7) is 6.88. The standard InChI is InChI=1S/C23H20F2N2O2/c1-14-9-20-17(23(2,3)12-29-20)10-16(14)15-7-8-21(26-11-15)27(13-28)22-18(24)5-4-6-19(22)25/h4-11,13H,12H2,1-3H3. The summed E-state index contributed by atoms with van der Waals surface area (Å²) in [6, 6.07) is 10.9. The third-order valence-corrected chi connectivity index (χ3v) is 5.23. The van der Waals surface area contributed by atoms with Crippen molar-refractivity contribution in [1.29, 1.82) is 0 Å². The van der Waals surface area contributed by atoms with Gasteiger partial charge in [-0.05, 0) is 54.4 Å². The number of hydrogen-bond donors (Lipinski definition) is 0. The number of fused-ring (bicyclic) bond motifs is 1. The number of hydrogen-bond acceptors (Lipinski definition) is 3. The van der Waals surface area contributed by atoms with Crippen molar-refractivity contribution in [3.63, 3.8) is 0 Å². The predicted octanol–water partition coefficient (Wildman–Crippen LogP) is 5.30. The molecule has 148 valence electrons. The van der Waals surface area contributed by atoms with Gasteiger partial charge in [-0.3, -0.25) is 9.69 Å². The topological polar surface area (TPSA) is 42.4 Å². The van der Waals surface area contributed by atoms with Gasteiger partial charge in [-0.1, -0.05) is 19.9 Å². The number of carbonyl (C=O) groups excluding carboxylic acids is 1. The summed E-state index contributed by atoms with van der Waals surface area (Å²) in [4.78, 5) is 16.7. The van der Waals surface area contributed by atoms with E-state index >= 15 is 0 Å². The Morgan fingerprint density at radius 3 is 2.48 bits per heavy atom. The second kappa shape index (κ2) is 6.95. The molecule has 4 nitrogen and oxygen atoms in total. The molecule has 0 saturated carbocycles. The molecule has 1 amide bonds. The van der Waals surface area contributed by atoms with Crippen molar-refractivity contribution >= 4 is 17.9 Å². The van der Waals surface area contributed by atoms with Gasteiger partial charge in [0, 0.05) is 22.7 Å². The van der Waals surface area contributed by atoms with Crippen LogP contribution < -0.4 is 9.64 Å². The highest BCUT2D eigenvalue weighted by atomic mass is 19.1. The molecule has 0 radical (unpaired) electrons. The van der Waals surface area contributed by atoms with Crippen LogP contribution in [0.3, 0.4) is 0 Å². The zero-order valence-electron chi connectivity index (χ0n) is 16.4. The molecule has 1 aromatic heterocycles. The molecule has 3 aromatic rings. The summed E-state index contributed by atoms with van der Waals surface area (Å²) >= 11 is 0. The summed E-state index contributed by atoms with van der Waals surface area (Å²) in [6.07, 6.45) is 1.95. The van der Waals surface area contributed by atoms with Crippen LogP contribution in [-0.4, -0.2) is 18.0 Å². The summed E-state index contributed by atoms with van der Waals surface area (Å²) in [5, 5.41) is 0. The van der Waals surface area contributed by atoms with E-state index in [0.29, 0.717) is 13.0 Å². The van der Waals surface area contributed by atoms with E-state index in [2.05, 4.69) is 24.9 Å². The molecule has 0 saturated heterocycles. The molecular weight excluding hydrogens is 374 g/mol. The first-order valence-electron chi connectivity index (χ1n) is 9.25. The van der Waals surface area contributed by atoms with Crippen molar-refractivity contribution in [2.75, 3.05) is 11.5 Å². The van der Waals surface area contributed by atoms with Gasteiger partial charge >= 0.3 is 0 Å². The maximum absolute atomic E-state index is 14.1. The Balaban J connectivity index is 1.73. The Hall–Kier alpha value is -3.28. The van der Waals surface area contributed by atoms with E-state index in [1.54, 1.807) is 18.3 Å². The van der Waals surface area contributed by atoms with Gasteiger partial charge in [-0.15, -0.1) is 0 Å². The van der Waals surface area contributed by atoms with E-state index in [0.717, 1.165) is 45.0 Å². The van der Waals surface area contributed by atoms with Crippen molar-refractivity contribution in [3.8, 4) is 16.9 Å². The lowest BCUT2D eigenvalue weighted by molar-refractivity contribution is -0.106. The molecule has 2 aromatic carbocycles. The maximum Gasteiger partial charge on any atom is 0.220 e. The minimum atomic E-state index is -0.834. The van der Waals surface area contributed by atoms with Gasteiger partial charge in [0.05, 0.1) is 6.61 Å². The van der Waals surface area contributed by atoms with E-state index in [1.807, 2.05) is 13.0 Å². The summed E-state index contributed by atoms with van der Waals surface area (Å²) in [5.41, 5.74) is 3.47. The highest BCUT2D eigenvalue weighted by Gasteiger charge is 2.32. The lowest BCUT2D eigenvalue weighted by Crippen LogP contribution is -2.18. The molecule has 0 spiro atoms. The zero-order chi connectivity index (χ0) is 20.8. The van der Waals surface area contributed by atoms with Crippen molar-refractivity contribution in [1.82, 2.24) is 4.98 Å². The fourth-order valence-corrected chi connectivity index (χ4v) is 3.60. The maximum atomic E-state index is 14.1. The van der Waals surface area contributed by atoms with Gasteiger partial charge in [-0.25, -0.2) is 13.8 Å². The van der Waals surface area contributed by atoms with Crippen LogP contribution in [0.25, 0.3) is 11.1 Å². The van der Waals surface area contributed by atoms with Crippen LogP contribution in [0.2, 0.25) is 0 Å². The van der Waals surface area contributed by atoms with Gasteiger partial charge in [0.15, 0.2) is 0 Å². The Morgan fingerprint density at radius 1 is 1.14 bits per heavy atom. The second-order valence-electron chi connectivity index (χ2n) is 7.79. The van der Waals surface area contributed by atoms with Crippen molar-refractivity contribution in [3.05, 3.63) is 71.4 Å². The fraction of sp³-hybridized carbons (Fsp3) is 0.217. The van der Waals surface area contributed by atoms with E-state index in [4.69, 9.17) is 4.74 Å². The average Bonchev–Trinajstić information content (AvgIpc) is 2.98. The molecule has 0 aliphatic carbocycles. The summed E-state index contributed by atoms with van der Waals surface area (Å²) in [7, 11) is 0. The van der Waals surface area contributed by atoms with E-state index < -0.39 is 17.3 Å². The number of amides is 1. The Bertz CT molecular complexity index is 1070. The van der Waals surface area contributed by atoms with Crippen LogP contribution in [0, 0.1) is 18.6 Å². The minimum Gasteiger partial charge on any atom is -0.492 e. The summed E-state index contributed by atoms with van der Waals surface area (Å²) in [5.74, 6) is -0.641. The first-order chi connectivity index (χ1) is 13.8. The molecule has 0 fully saturated rings. The number of pyridine rings is 1. The van der Waals surface area contributed by atoms with E-state index in [-0.39, 0.29) is 11.2 Å². The third-order valence-electron chi connectivity index (χ3n) is 5.23. The van der Waals surface area contributed by atoms with Gasteiger partial charge in [0.1, 0.15) is 28.9 Å². The number of benzene rings is 2. The van der Waals surface area contributed by atoms with Crippen molar-refractivity contribution < 1.29 is 18.3 Å². The van der Waals surface area contributed by atoms with Crippen LogP contribution in [-0.2, 0) is 10.2 Å². The lowest BCUT2D eigenvalue weighted by Gasteiger charge is -2.19. The molecule has 0 bridgehead atoms. The summed E-state index contributed by atoms with van der Waals surface area (Å²) < 4.78 is 34.0. The van der Waals surface area contributed by atoms with E-state index in [9.17, 15) is 13.6 Å². The minimum absolute atomic E-state index is 0.0815. The molecule has 0 unspecified atom stereocenters. The van der Waals surface area contributed by atoms with Gasteiger partial charge in [0.25, 0.3) is 0 Å². The average molecular weight is 394 g/mol. The number of ether oxygens (including phenoxy) is 1.